The number of ether oxygens (including phenoxy) is 1. The molecule has 32 heavy (non-hydrogen) atoms. The van der Waals surface area contributed by atoms with Gasteiger partial charge in [-0.25, -0.2) is 10.1 Å². The average molecular weight is 444 g/mol. The number of H-pyrrole nitrogens is 1. The molecule has 6 rings (SSSR count). The van der Waals surface area contributed by atoms with Crippen molar-refractivity contribution < 1.29 is 9.15 Å². The van der Waals surface area contributed by atoms with Crippen molar-refractivity contribution >= 4 is 22.3 Å². The molecule has 1 aliphatic carbocycles. The number of thiazole rings is 1. The zero-order chi connectivity index (χ0) is 21.3. The highest BCUT2D eigenvalue weighted by molar-refractivity contribution is 7.13. The Labute approximate surface area is 188 Å². The van der Waals surface area contributed by atoms with Crippen LogP contribution in [0.15, 0.2) is 58.3 Å². The third-order valence-corrected chi connectivity index (χ3v) is 6.88. The molecule has 8 heteroatoms. The largest absolute Gasteiger partial charge is 0.489 e. The second kappa shape index (κ2) is 8.20. The lowest BCUT2D eigenvalue weighted by Crippen LogP contribution is -2.08. The fraction of sp³-hybridized carbons (Fsp3) is 0.250. The molecule has 1 saturated carbocycles. The Kier molecular flexibility index (Phi) is 4.92. The first-order valence-electron chi connectivity index (χ1n) is 10.7. The quantitative estimate of drug-likeness (QED) is 0.357. The fourth-order valence-corrected chi connectivity index (χ4v) is 4.83. The molecule has 1 aliphatic rings. The lowest BCUT2D eigenvalue weighted by atomic mass is 9.83. The van der Waals surface area contributed by atoms with Gasteiger partial charge in [-0.15, -0.1) is 16.4 Å². The maximum atomic E-state index is 6.12. The van der Waals surface area contributed by atoms with Crippen molar-refractivity contribution in [2.45, 2.75) is 38.2 Å². The van der Waals surface area contributed by atoms with E-state index >= 15 is 0 Å². The predicted octanol–water partition coefficient (Wildman–Crippen LogP) is 5.51. The van der Waals surface area contributed by atoms with Gasteiger partial charge in [0.05, 0.1) is 5.69 Å². The summed E-state index contributed by atoms with van der Waals surface area (Å²) in [6.45, 7) is 0.463. The Morgan fingerprint density at radius 1 is 1.09 bits per heavy atom. The van der Waals surface area contributed by atoms with Crippen LogP contribution in [0.1, 0.15) is 47.8 Å². The first-order valence-corrected chi connectivity index (χ1v) is 11.6. The van der Waals surface area contributed by atoms with Crippen molar-refractivity contribution in [3.63, 3.8) is 0 Å². The number of nitrogens with one attached hydrogen (secondary N) is 1. The van der Waals surface area contributed by atoms with Crippen molar-refractivity contribution in [3.8, 4) is 16.5 Å². The number of aromatic amines is 1. The minimum absolute atomic E-state index is 0.463. The molecule has 0 spiro atoms. The van der Waals surface area contributed by atoms with Gasteiger partial charge >= 0.3 is 0 Å². The second-order valence-corrected chi connectivity index (χ2v) is 8.96. The minimum Gasteiger partial charge on any atom is -0.489 e. The molecule has 0 aliphatic heterocycles. The van der Waals surface area contributed by atoms with E-state index in [9.17, 15) is 0 Å². The van der Waals surface area contributed by atoms with E-state index < -0.39 is 0 Å². The van der Waals surface area contributed by atoms with Gasteiger partial charge in [0.2, 0.25) is 0 Å². The number of benzene rings is 2. The molecule has 5 aromatic rings. The van der Waals surface area contributed by atoms with Gasteiger partial charge in [0.15, 0.2) is 16.6 Å². The number of hydrogen-bond acceptors (Lipinski definition) is 7. The summed E-state index contributed by atoms with van der Waals surface area (Å²) in [5.41, 5.74) is 4.28. The lowest BCUT2D eigenvalue weighted by Gasteiger charge is -2.22. The van der Waals surface area contributed by atoms with Crippen LogP contribution < -0.4 is 4.74 Å². The van der Waals surface area contributed by atoms with Crippen LogP contribution in [0.2, 0.25) is 0 Å². The van der Waals surface area contributed by atoms with Gasteiger partial charge in [-0.1, -0.05) is 30.7 Å². The zero-order valence-electron chi connectivity index (χ0n) is 17.3. The number of hydrogen-bond donors (Lipinski definition) is 1. The molecule has 1 N–H and O–H groups in total. The molecule has 0 radical (unpaired) electrons. The highest BCUT2D eigenvalue weighted by Crippen LogP contribution is 2.39. The van der Waals surface area contributed by atoms with Gasteiger partial charge in [-0.2, -0.15) is 0 Å². The van der Waals surface area contributed by atoms with Gasteiger partial charge < -0.3 is 9.15 Å². The average Bonchev–Trinajstić information content (AvgIpc) is 3.52. The highest BCUT2D eigenvalue weighted by atomic mass is 32.1. The molecule has 0 amide bonds. The Hall–Kier alpha value is -3.52. The molecule has 0 bridgehead atoms. The summed E-state index contributed by atoms with van der Waals surface area (Å²) in [4.78, 5) is 4.81. The Morgan fingerprint density at radius 3 is 2.81 bits per heavy atom. The van der Waals surface area contributed by atoms with E-state index in [1.54, 1.807) is 11.3 Å². The zero-order valence-corrected chi connectivity index (χ0v) is 18.1. The molecule has 160 valence electrons. The van der Waals surface area contributed by atoms with Crippen LogP contribution in [-0.2, 0) is 13.0 Å². The number of nitrogens with zero attached hydrogens (tertiary/aromatic N) is 4. The van der Waals surface area contributed by atoms with Gasteiger partial charge in [0.25, 0.3) is 0 Å². The standard InChI is InChI=1S/C24H21N5O2S/c1-2-5-17(16(4-1)12-23-26-28-29-27-23)13-30-19-8-9-21-18(10-19)11-22(31-21)24-25-20(14-32-24)15-6-3-7-15/h1-2,4-5,8-11,14-15H,3,6-7,12-13H2,(H,26,27,28,29). The third kappa shape index (κ3) is 3.78. The Bertz CT molecular complexity index is 1350. The van der Waals surface area contributed by atoms with E-state index in [2.05, 4.69) is 44.2 Å². The van der Waals surface area contributed by atoms with E-state index in [0.717, 1.165) is 44.4 Å². The molecule has 3 aromatic heterocycles. The van der Waals surface area contributed by atoms with Gasteiger partial charge in [-0.05, 0) is 58.7 Å². The Balaban J connectivity index is 1.19. The second-order valence-electron chi connectivity index (χ2n) is 8.10. The number of aromatic nitrogens is 5. The topological polar surface area (TPSA) is 89.7 Å². The van der Waals surface area contributed by atoms with Crippen LogP contribution in [0, 0.1) is 0 Å². The van der Waals surface area contributed by atoms with Gasteiger partial charge in [0.1, 0.15) is 17.9 Å². The number of furan rings is 1. The van der Waals surface area contributed by atoms with Crippen LogP contribution in [0.25, 0.3) is 21.7 Å². The summed E-state index contributed by atoms with van der Waals surface area (Å²) >= 11 is 1.66. The van der Waals surface area contributed by atoms with Crippen LogP contribution in [0.4, 0.5) is 0 Å². The SMILES string of the molecule is c1ccc(Cc2nnn[nH]2)c(COc2ccc3oc(-c4nc(C5CCC5)cs4)cc3c2)c1. The van der Waals surface area contributed by atoms with E-state index in [1.807, 2.05) is 30.3 Å². The van der Waals surface area contributed by atoms with Crippen LogP contribution in [-0.4, -0.2) is 25.6 Å². The van der Waals surface area contributed by atoms with Crippen LogP contribution in [0.5, 0.6) is 5.75 Å². The number of rotatable bonds is 7. The lowest BCUT2D eigenvalue weighted by molar-refractivity contribution is 0.305. The highest BCUT2D eigenvalue weighted by Gasteiger charge is 2.23. The van der Waals surface area contributed by atoms with E-state index in [-0.39, 0.29) is 0 Å². The summed E-state index contributed by atoms with van der Waals surface area (Å²) in [6, 6.07) is 16.1. The van der Waals surface area contributed by atoms with Crippen LogP contribution in [0.3, 0.4) is 0 Å². The smallest absolute Gasteiger partial charge is 0.164 e. The maximum absolute atomic E-state index is 6.12. The van der Waals surface area contributed by atoms with Crippen molar-refractivity contribution in [2.24, 2.45) is 0 Å². The van der Waals surface area contributed by atoms with Crippen molar-refractivity contribution in [1.82, 2.24) is 25.6 Å². The molecule has 0 atom stereocenters. The fourth-order valence-electron chi connectivity index (χ4n) is 3.97. The molecule has 0 unspecified atom stereocenters. The third-order valence-electron chi connectivity index (χ3n) is 6.00. The normalized spacial score (nSPS) is 14.0. The minimum atomic E-state index is 0.463. The van der Waals surface area contributed by atoms with Crippen molar-refractivity contribution in [3.05, 3.63) is 76.6 Å². The summed E-state index contributed by atoms with van der Waals surface area (Å²) in [5, 5.41) is 18.2. The Morgan fingerprint density at radius 2 is 2.00 bits per heavy atom. The monoisotopic (exact) mass is 443 g/mol. The molecule has 0 saturated heterocycles. The first kappa shape index (κ1) is 19.2. The van der Waals surface area contributed by atoms with E-state index in [0.29, 0.717) is 18.9 Å². The maximum Gasteiger partial charge on any atom is 0.164 e. The van der Waals surface area contributed by atoms with Gasteiger partial charge in [-0.3, -0.25) is 0 Å². The van der Waals surface area contributed by atoms with Crippen molar-refractivity contribution in [1.29, 1.82) is 0 Å². The summed E-state index contributed by atoms with van der Waals surface area (Å²) in [7, 11) is 0. The van der Waals surface area contributed by atoms with E-state index in [1.165, 1.54) is 25.0 Å². The molecule has 1 fully saturated rings. The summed E-state index contributed by atoms with van der Waals surface area (Å²) < 4.78 is 12.2. The first-order chi connectivity index (χ1) is 15.8. The number of fused-ring (bicyclic) bond motifs is 1. The molecular formula is C24H21N5O2S. The van der Waals surface area contributed by atoms with E-state index in [4.69, 9.17) is 14.1 Å². The summed E-state index contributed by atoms with van der Waals surface area (Å²) in [6.07, 6.45) is 4.45. The molecule has 2 aromatic carbocycles. The molecular weight excluding hydrogens is 422 g/mol. The van der Waals surface area contributed by atoms with Gasteiger partial charge in [0, 0.05) is 23.1 Å². The van der Waals surface area contributed by atoms with Crippen molar-refractivity contribution in [2.75, 3.05) is 0 Å². The molecule has 7 nitrogen and oxygen atoms in total. The predicted molar refractivity (Wildman–Crippen MR) is 122 cm³/mol. The van der Waals surface area contributed by atoms with Crippen LogP contribution >= 0.6 is 11.3 Å². The summed E-state index contributed by atoms with van der Waals surface area (Å²) in [5.74, 6) is 2.98. The number of tetrazole rings is 1. The molecule has 3 heterocycles.